The van der Waals surface area contributed by atoms with Crippen LogP contribution in [-0.2, 0) is 11.2 Å². The van der Waals surface area contributed by atoms with Gasteiger partial charge in [-0.1, -0.05) is 31.9 Å². The van der Waals surface area contributed by atoms with Crippen molar-refractivity contribution in [3.05, 3.63) is 32.2 Å². The van der Waals surface area contributed by atoms with Crippen LogP contribution in [0.2, 0.25) is 0 Å². The Kier molecular flexibility index (Phi) is 4.13. The van der Waals surface area contributed by atoms with Gasteiger partial charge in [-0.2, -0.15) is 0 Å². The topological polar surface area (TPSA) is 17.1 Å². The lowest BCUT2D eigenvalue weighted by atomic mass is 10.1. The minimum absolute atomic E-state index is 0.570. The van der Waals surface area contributed by atoms with E-state index in [0.29, 0.717) is 6.42 Å². The summed E-state index contributed by atoms with van der Waals surface area (Å²) in [7, 11) is 0. The number of hydrogen-bond acceptors (Lipinski definition) is 1. The molecule has 70 valence electrons. The first-order chi connectivity index (χ1) is 6.15. The Hall–Kier alpha value is -0.150. The van der Waals surface area contributed by atoms with Crippen LogP contribution in [0.4, 0.5) is 0 Å². The first kappa shape index (κ1) is 10.9. The van der Waals surface area contributed by atoms with Gasteiger partial charge in [0.05, 0.1) is 0 Å². The predicted molar refractivity (Wildman–Crippen MR) is 61.0 cm³/mol. The Labute approximate surface area is 94.8 Å². The van der Waals surface area contributed by atoms with Crippen LogP contribution in [0.25, 0.3) is 0 Å². The average Bonchev–Trinajstić information content (AvgIpc) is 2.02. The summed E-state index contributed by atoms with van der Waals surface area (Å²) >= 11 is 6.96. The van der Waals surface area contributed by atoms with Gasteiger partial charge in [-0.05, 0) is 36.6 Å². The molecule has 0 atom stereocenters. The highest BCUT2D eigenvalue weighted by atomic mass is 79.9. The molecule has 1 aromatic rings. The fraction of sp³-hybridized carbons (Fsp3) is 0.300. The molecule has 1 rings (SSSR count). The Balaban J connectivity index is 2.98. The van der Waals surface area contributed by atoms with Crippen molar-refractivity contribution in [1.29, 1.82) is 0 Å². The molecule has 0 radical (unpaired) electrons. The summed E-state index contributed by atoms with van der Waals surface area (Å²) in [5, 5.41) is 0. The van der Waals surface area contributed by atoms with Gasteiger partial charge < -0.3 is 4.79 Å². The lowest BCUT2D eigenvalue weighted by Gasteiger charge is -2.06. The van der Waals surface area contributed by atoms with Crippen molar-refractivity contribution in [2.45, 2.75) is 19.8 Å². The first-order valence-corrected chi connectivity index (χ1v) is 5.62. The van der Waals surface area contributed by atoms with Gasteiger partial charge in [-0.25, -0.2) is 0 Å². The molecular formula is C10H10Br2O. The molecule has 0 spiro atoms. The summed E-state index contributed by atoms with van der Waals surface area (Å²) < 4.78 is 2.14. The van der Waals surface area contributed by atoms with Crippen molar-refractivity contribution in [1.82, 2.24) is 0 Å². The minimum atomic E-state index is 0.570. The van der Waals surface area contributed by atoms with Crippen LogP contribution in [0.1, 0.15) is 17.5 Å². The number of halogens is 2. The highest BCUT2D eigenvalue weighted by Crippen LogP contribution is 2.27. The number of aldehydes is 1. The summed E-state index contributed by atoms with van der Waals surface area (Å²) in [6, 6.07) is 4.12. The fourth-order valence-corrected chi connectivity index (χ4v) is 2.98. The van der Waals surface area contributed by atoms with E-state index in [4.69, 9.17) is 0 Å². The number of carbonyl (C=O) groups is 1. The second kappa shape index (κ2) is 4.91. The molecule has 0 amide bonds. The highest BCUT2D eigenvalue weighted by Gasteiger charge is 2.05. The molecule has 3 heteroatoms. The van der Waals surface area contributed by atoms with Crippen LogP contribution in [0.3, 0.4) is 0 Å². The summed E-state index contributed by atoms with van der Waals surface area (Å²) in [5.74, 6) is 0. The third-order valence-electron chi connectivity index (χ3n) is 1.80. The Morgan fingerprint density at radius 2 is 1.85 bits per heavy atom. The minimum Gasteiger partial charge on any atom is -0.303 e. The van der Waals surface area contributed by atoms with Crippen molar-refractivity contribution in [3.8, 4) is 0 Å². The zero-order valence-electron chi connectivity index (χ0n) is 7.31. The van der Waals surface area contributed by atoms with Crippen molar-refractivity contribution >= 4 is 38.1 Å². The van der Waals surface area contributed by atoms with E-state index in [-0.39, 0.29) is 0 Å². The van der Waals surface area contributed by atoms with Gasteiger partial charge in [-0.15, -0.1) is 0 Å². The second-order valence-electron chi connectivity index (χ2n) is 2.91. The monoisotopic (exact) mass is 304 g/mol. The molecule has 0 bridgehead atoms. The Morgan fingerprint density at radius 3 is 2.31 bits per heavy atom. The quantitative estimate of drug-likeness (QED) is 0.779. The summed E-state index contributed by atoms with van der Waals surface area (Å²) in [5.41, 5.74) is 2.37. The largest absolute Gasteiger partial charge is 0.303 e. The second-order valence-corrected chi connectivity index (χ2v) is 4.62. The maximum Gasteiger partial charge on any atom is 0.120 e. The fourth-order valence-electron chi connectivity index (χ4n) is 1.17. The molecule has 0 unspecified atom stereocenters. The van der Waals surface area contributed by atoms with Gasteiger partial charge in [0.1, 0.15) is 6.29 Å². The molecule has 0 N–H and O–H groups in total. The van der Waals surface area contributed by atoms with Crippen molar-refractivity contribution < 1.29 is 4.79 Å². The maximum atomic E-state index is 10.2. The smallest absolute Gasteiger partial charge is 0.120 e. The molecule has 13 heavy (non-hydrogen) atoms. The van der Waals surface area contributed by atoms with Gasteiger partial charge in [0.15, 0.2) is 0 Å². The zero-order chi connectivity index (χ0) is 9.84. The van der Waals surface area contributed by atoms with Crippen LogP contribution in [0, 0.1) is 6.92 Å². The van der Waals surface area contributed by atoms with E-state index in [0.717, 1.165) is 27.2 Å². The van der Waals surface area contributed by atoms with Crippen molar-refractivity contribution in [3.63, 3.8) is 0 Å². The van der Waals surface area contributed by atoms with E-state index in [9.17, 15) is 4.79 Å². The van der Waals surface area contributed by atoms with E-state index < -0.39 is 0 Å². The van der Waals surface area contributed by atoms with Gasteiger partial charge in [0.25, 0.3) is 0 Å². The van der Waals surface area contributed by atoms with Crippen LogP contribution < -0.4 is 0 Å². The van der Waals surface area contributed by atoms with E-state index in [2.05, 4.69) is 44.0 Å². The van der Waals surface area contributed by atoms with E-state index in [1.54, 1.807) is 0 Å². The number of hydrogen-bond donors (Lipinski definition) is 0. The van der Waals surface area contributed by atoms with Gasteiger partial charge >= 0.3 is 0 Å². The summed E-state index contributed by atoms with van der Waals surface area (Å²) in [4.78, 5) is 10.2. The molecule has 1 aromatic carbocycles. The lowest BCUT2D eigenvalue weighted by molar-refractivity contribution is -0.107. The van der Waals surface area contributed by atoms with Crippen LogP contribution in [0.15, 0.2) is 21.1 Å². The number of rotatable bonds is 3. The first-order valence-electron chi connectivity index (χ1n) is 4.03. The van der Waals surface area contributed by atoms with Crippen LogP contribution in [0.5, 0.6) is 0 Å². The normalized spacial score (nSPS) is 10.1. The molecular weight excluding hydrogens is 296 g/mol. The Bertz CT molecular complexity index is 298. The molecule has 0 aromatic heterocycles. The lowest BCUT2D eigenvalue weighted by Crippen LogP contribution is -1.91. The van der Waals surface area contributed by atoms with Crippen molar-refractivity contribution in [2.75, 3.05) is 0 Å². The number of aryl methyl sites for hydroxylation is 1. The van der Waals surface area contributed by atoms with Crippen LogP contribution >= 0.6 is 31.9 Å². The third kappa shape index (κ3) is 2.92. The molecule has 0 aliphatic heterocycles. The van der Waals surface area contributed by atoms with E-state index in [1.807, 2.05) is 6.92 Å². The molecule has 0 aliphatic rings. The molecule has 1 nitrogen and oxygen atoms in total. The van der Waals surface area contributed by atoms with Crippen molar-refractivity contribution in [2.24, 2.45) is 0 Å². The highest BCUT2D eigenvalue weighted by molar-refractivity contribution is 9.11. The van der Waals surface area contributed by atoms with Gasteiger partial charge in [0.2, 0.25) is 0 Å². The third-order valence-corrected chi connectivity index (χ3v) is 3.21. The van der Waals surface area contributed by atoms with Crippen LogP contribution in [-0.4, -0.2) is 6.29 Å². The summed E-state index contributed by atoms with van der Waals surface area (Å²) in [6.45, 7) is 2.04. The molecule has 0 fully saturated rings. The summed E-state index contributed by atoms with van der Waals surface area (Å²) in [6.07, 6.45) is 2.30. The molecule has 0 saturated heterocycles. The van der Waals surface area contributed by atoms with E-state index in [1.165, 1.54) is 5.56 Å². The SMILES string of the molecule is Cc1cc(Br)c(CCC=O)c(Br)c1. The number of carbonyl (C=O) groups excluding carboxylic acids is 1. The standard InChI is InChI=1S/C10H10Br2O/c1-7-5-9(11)8(3-2-4-13)10(12)6-7/h4-6H,2-3H2,1H3. The molecule has 0 heterocycles. The molecule has 0 aliphatic carbocycles. The molecule has 0 saturated carbocycles. The number of benzene rings is 1. The van der Waals surface area contributed by atoms with Gasteiger partial charge in [0, 0.05) is 15.4 Å². The predicted octanol–water partition coefficient (Wildman–Crippen LogP) is 3.65. The van der Waals surface area contributed by atoms with E-state index >= 15 is 0 Å². The van der Waals surface area contributed by atoms with Gasteiger partial charge in [-0.3, -0.25) is 0 Å². The zero-order valence-corrected chi connectivity index (χ0v) is 10.5. The maximum absolute atomic E-state index is 10.2. The Morgan fingerprint density at radius 1 is 1.31 bits per heavy atom. The average molecular weight is 306 g/mol.